The van der Waals surface area contributed by atoms with Gasteiger partial charge in [0.1, 0.15) is 5.78 Å². The first kappa shape index (κ1) is 17.8. The van der Waals surface area contributed by atoms with Gasteiger partial charge in [0.05, 0.1) is 23.8 Å². The molecule has 1 fully saturated rings. The van der Waals surface area contributed by atoms with Crippen molar-refractivity contribution in [3.05, 3.63) is 42.4 Å². The molecule has 1 aliphatic heterocycles. The van der Waals surface area contributed by atoms with Crippen molar-refractivity contribution in [3.63, 3.8) is 0 Å². The van der Waals surface area contributed by atoms with Crippen molar-refractivity contribution in [3.8, 4) is 11.1 Å². The Morgan fingerprint density at radius 3 is 2.81 bits per heavy atom. The summed E-state index contributed by atoms with van der Waals surface area (Å²) in [7, 11) is 4.03. The van der Waals surface area contributed by atoms with Crippen LogP contribution < -0.4 is 0 Å². The molecule has 1 aliphatic rings. The zero-order valence-corrected chi connectivity index (χ0v) is 15.9. The van der Waals surface area contributed by atoms with Crippen molar-refractivity contribution in [1.82, 2.24) is 24.9 Å². The van der Waals surface area contributed by atoms with E-state index in [1.807, 2.05) is 37.6 Å². The molecule has 1 saturated heterocycles. The van der Waals surface area contributed by atoms with E-state index in [1.165, 1.54) is 0 Å². The number of hydrogen-bond donors (Lipinski definition) is 0. The predicted molar refractivity (Wildman–Crippen MR) is 105 cm³/mol. The summed E-state index contributed by atoms with van der Waals surface area (Å²) < 4.78 is 1.79. The third-order valence-electron chi connectivity index (χ3n) is 5.44. The second-order valence-electron chi connectivity index (χ2n) is 7.59. The molecule has 1 atom stereocenters. The van der Waals surface area contributed by atoms with E-state index in [0.29, 0.717) is 12.2 Å². The molecule has 2 aromatic heterocycles. The van der Waals surface area contributed by atoms with E-state index >= 15 is 0 Å². The summed E-state index contributed by atoms with van der Waals surface area (Å²) in [4.78, 5) is 15.1. The van der Waals surface area contributed by atoms with E-state index in [1.54, 1.807) is 4.68 Å². The van der Waals surface area contributed by atoms with E-state index in [4.69, 9.17) is 0 Å². The minimum absolute atomic E-state index is 0.147. The maximum atomic E-state index is 12.8. The number of hydrogen-bond acceptors (Lipinski definition) is 5. The zero-order valence-electron chi connectivity index (χ0n) is 15.9. The summed E-state index contributed by atoms with van der Waals surface area (Å²) in [6.45, 7) is 2.07. The van der Waals surface area contributed by atoms with Crippen molar-refractivity contribution in [2.24, 2.45) is 13.0 Å². The molecular weight excluding hydrogens is 338 g/mol. The monoisotopic (exact) mass is 363 g/mol. The molecule has 1 unspecified atom stereocenters. The molecule has 6 heteroatoms. The molecule has 0 radical (unpaired) electrons. The largest absolute Gasteiger partial charge is 0.306 e. The van der Waals surface area contributed by atoms with Crippen LogP contribution in [0.15, 0.2) is 36.7 Å². The number of ketones is 1. The lowest BCUT2D eigenvalue weighted by Gasteiger charge is -2.13. The number of likely N-dealkylation sites (tertiary alicyclic amines) is 1. The van der Waals surface area contributed by atoms with Gasteiger partial charge in [0, 0.05) is 30.1 Å². The molecule has 0 amide bonds. The molecule has 4 rings (SSSR count). The molecule has 27 heavy (non-hydrogen) atoms. The summed E-state index contributed by atoms with van der Waals surface area (Å²) in [5, 5.41) is 13.9. The maximum absolute atomic E-state index is 12.8. The number of carbonyl (C=O) groups excluding carboxylic acids is 1. The van der Waals surface area contributed by atoms with Crippen molar-refractivity contribution >= 4 is 16.7 Å². The highest BCUT2D eigenvalue weighted by Gasteiger charge is 2.22. The minimum Gasteiger partial charge on any atom is -0.306 e. The number of rotatable bonds is 4. The second kappa shape index (κ2) is 7.56. The van der Waals surface area contributed by atoms with Crippen LogP contribution in [0.1, 0.15) is 25.0 Å². The Bertz CT molecular complexity index is 964. The molecule has 0 aliphatic carbocycles. The van der Waals surface area contributed by atoms with Crippen molar-refractivity contribution in [2.45, 2.75) is 25.7 Å². The van der Waals surface area contributed by atoms with E-state index in [9.17, 15) is 4.79 Å². The van der Waals surface area contributed by atoms with Gasteiger partial charge in [-0.15, -0.1) is 0 Å². The molecule has 0 bridgehead atoms. The Morgan fingerprint density at radius 1 is 1.11 bits per heavy atom. The molecule has 0 saturated carbocycles. The number of carbonyl (C=O) groups is 1. The molecular formula is C21H25N5O. The molecule has 140 valence electrons. The van der Waals surface area contributed by atoms with Gasteiger partial charge in [0.2, 0.25) is 0 Å². The Kier molecular flexibility index (Phi) is 4.99. The molecule has 3 aromatic rings. The second-order valence-corrected chi connectivity index (χ2v) is 7.59. The first-order chi connectivity index (χ1) is 13.1. The predicted octanol–water partition coefficient (Wildman–Crippen LogP) is 2.87. The normalized spacial score (nSPS) is 18.5. The average molecular weight is 363 g/mol. The third-order valence-corrected chi connectivity index (χ3v) is 5.44. The van der Waals surface area contributed by atoms with Gasteiger partial charge in [-0.1, -0.05) is 6.07 Å². The highest BCUT2D eigenvalue weighted by Crippen LogP contribution is 2.24. The maximum Gasteiger partial charge on any atom is 0.142 e. The Labute approximate surface area is 159 Å². The number of aryl methyl sites for hydroxylation is 1. The van der Waals surface area contributed by atoms with E-state index in [-0.39, 0.29) is 5.92 Å². The molecule has 0 spiro atoms. The lowest BCUT2D eigenvalue weighted by atomic mass is 9.93. The molecule has 3 heterocycles. The Hall–Kier alpha value is -2.60. The number of Topliss-reactive ketones (excluding diaryl/α,β-unsaturated/α-hetero) is 1. The molecule has 0 N–H and O–H groups in total. The average Bonchev–Trinajstić information content (AvgIpc) is 2.98. The summed E-state index contributed by atoms with van der Waals surface area (Å²) in [5.41, 5.74) is 3.76. The number of aromatic nitrogens is 4. The summed E-state index contributed by atoms with van der Waals surface area (Å²) in [6, 6.07) is 8.09. The molecule has 6 nitrogen and oxygen atoms in total. The highest BCUT2D eigenvalue weighted by atomic mass is 16.1. The van der Waals surface area contributed by atoms with Crippen molar-refractivity contribution in [1.29, 1.82) is 0 Å². The van der Waals surface area contributed by atoms with Crippen LogP contribution in [0.25, 0.3) is 22.0 Å². The lowest BCUT2D eigenvalue weighted by molar-refractivity contribution is -0.122. The van der Waals surface area contributed by atoms with Gasteiger partial charge in [-0.2, -0.15) is 15.3 Å². The fourth-order valence-electron chi connectivity index (χ4n) is 3.81. The minimum atomic E-state index is 0.147. The van der Waals surface area contributed by atoms with Gasteiger partial charge in [-0.3, -0.25) is 9.48 Å². The fourth-order valence-corrected chi connectivity index (χ4v) is 3.81. The fraction of sp³-hybridized carbons (Fsp3) is 0.429. The number of nitrogens with zero attached hydrogens (tertiary/aromatic N) is 5. The van der Waals surface area contributed by atoms with Gasteiger partial charge < -0.3 is 4.90 Å². The number of fused-ring (bicyclic) bond motifs is 1. The zero-order chi connectivity index (χ0) is 18.8. The van der Waals surface area contributed by atoms with Crippen molar-refractivity contribution < 1.29 is 4.79 Å². The van der Waals surface area contributed by atoms with Gasteiger partial charge in [-0.25, -0.2) is 0 Å². The van der Waals surface area contributed by atoms with Gasteiger partial charge in [0.15, 0.2) is 0 Å². The highest BCUT2D eigenvalue weighted by molar-refractivity contribution is 5.86. The van der Waals surface area contributed by atoms with Crippen molar-refractivity contribution in [2.75, 3.05) is 20.1 Å². The Morgan fingerprint density at radius 2 is 2.00 bits per heavy atom. The summed E-state index contributed by atoms with van der Waals surface area (Å²) in [5.74, 6) is 0.441. The first-order valence-corrected chi connectivity index (χ1v) is 9.55. The third kappa shape index (κ3) is 4.06. The summed E-state index contributed by atoms with van der Waals surface area (Å²) in [6.07, 6.45) is 7.22. The van der Waals surface area contributed by atoms with Gasteiger partial charge in [0.25, 0.3) is 0 Å². The van der Waals surface area contributed by atoms with Crippen LogP contribution in [-0.4, -0.2) is 50.8 Å². The van der Waals surface area contributed by atoms with Crippen LogP contribution in [0.2, 0.25) is 0 Å². The quantitative estimate of drug-likeness (QED) is 0.713. The van der Waals surface area contributed by atoms with Crippen LogP contribution in [-0.2, 0) is 18.3 Å². The van der Waals surface area contributed by atoms with Crippen LogP contribution in [0.3, 0.4) is 0 Å². The summed E-state index contributed by atoms with van der Waals surface area (Å²) >= 11 is 0. The van der Waals surface area contributed by atoms with E-state index in [2.05, 4.69) is 33.3 Å². The Balaban J connectivity index is 1.54. The van der Waals surface area contributed by atoms with Crippen LogP contribution in [0, 0.1) is 5.92 Å². The SMILES string of the molecule is CN1CCCC(C(=O)Cc2cc3cc(-c4cnn(C)c4)ccc3nn2)CC1. The van der Waals surface area contributed by atoms with Gasteiger partial charge in [-0.05, 0) is 63.2 Å². The smallest absolute Gasteiger partial charge is 0.142 e. The van der Waals surface area contributed by atoms with Crippen LogP contribution in [0.5, 0.6) is 0 Å². The van der Waals surface area contributed by atoms with Gasteiger partial charge >= 0.3 is 0 Å². The van der Waals surface area contributed by atoms with E-state index in [0.717, 1.165) is 60.1 Å². The van der Waals surface area contributed by atoms with Crippen LogP contribution >= 0.6 is 0 Å². The lowest BCUT2D eigenvalue weighted by Crippen LogP contribution is -2.21. The first-order valence-electron chi connectivity index (χ1n) is 9.55. The van der Waals surface area contributed by atoms with E-state index < -0.39 is 0 Å². The molecule has 1 aromatic carbocycles. The topological polar surface area (TPSA) is 63.9 Å². The van der Waals surface area contributed by atoms with Crippen LogP contribution in [0.4, 0.5) is 0 Å². The standard InChI is InChI=1S/C21H25N5O/c1-25-8-3-4-15(7-9-25)21(27)12-19-11-17-10-16(5-6-20(17)24-23-19)18-13-22-26(2)14-18/h5-6,10-11,13-15H,3-4,7-9,12H2,1-2H3. The number of benzene rings is 1.